The van der Waals surface area contributed by atoms with Gasteiger partial charge in [0.15, 0.2) is 0 Å². The number of hydrogen-bond acceptors (Lipinski definition) is 2. The van der Waals surface area contributed by atoms with E-state index in [1.54, 1.807) is 0 Å². The van der Waals surface area contributed by atoms with Gasteiger partial charge in [0.2, 0.25) is 11.8 Å². The molecule has 2 amide bonds. The second kappa shape index (κ2) is 8.41. The number of fused-ring (bicyclic) bond motifs is 1. The van der Waals surface area contributed by atoms with Crippen molar-refractivity contribution in [2.45, 2.75) is 38.8 Å². The molecule has 1 aromatic heterocycles. The molecule has 1 N–H and O–H groups in total. The summed E-state index contributed by atoms with van der Waals surface area (Å²) in [5.74, 6) is -0.0623. The molecule has 5 nitrogen and oxygen atoms in total. The summed E-state index contributed by atoms with van der Waals surface area (Å²) in [6.07, 6.45) is 3.38. The second-order valence-corrected chi connectivity index (χ2v) is 6.95. The second-order valence-electron chi connectivity index (χ2n) is 6.52. The molecule has 0 radical (unpaired) electrons. The van der Waals surface area contributed by atoms with Crippen molar-refractivity contribution in [1.29, 1.82) is 0 Å². The summed E-state index contributed by atoms with van der Waals surface area (Å²) in [5.41, 5.74) is 2.11. The van der Waals surface area contributed by atoms with Crippen LogP contribution in [0.2, 0.25) is 5.02 Å². The van der Waals surface area contributed by atoms with Gasteiger partial charge in [0, 0.05) is 49.4 Å². The highest BCUT2D eigenvalue weighted by molar-refractivity contribution is 6.30. The molecule has 0 fully saturated rings. The minimum absolute atomic E-state index is 0.00375. The molecule has 1 aliphatic heterocycles. The van der Waals surface area contributed by atoms with Gasteiger partial charge in [-0.05, 0) is 36.2 Å². The number of aromatic nitrogens is 1. The summed E-state index contributed by atoms with van der Waals surface area (Å²) in [4.78, 5) is 26.6. The zero-order valence-electron chi connectivity index (χ0n) is 15.0. The lowest BCUT2D eigenvalue weighted by atomic mass is 9.99. The van der Waals surface area contributed by atoms with Gasteiger partial charge in [0.25, 0.3) is 0 Å². The van der Waals surface area contributed by atoms with Crippen LogP contribution in [0.15, 0.2) is 42.6 Å². The van der Waals surface area contributed by atoms with E-state index in [9.17, 15) is 9.59 Å². The first-order valence-corrected chi connectivity index (χ1v) is 9.44. The van der Waals surface area contributed by atoms with E-state index in [0.717, 1.165) is 24.2 Å². The van der Waals surface area contributed by atoms with Crippen LogP contribution in [-0.2, 0) is 16.1 Å². The van der Waals surface area contributed by atoms with Crippen LogP contribution in [0.1, 0.15) is 43.5 Å². The number of rotatable bonds is 6. The molecule has 0 unspecified atom stereocenters. The summed E-state index contributed by atoms with van der Waals surface area (Å²) in [5, 5.41) is 3.49. The molecule has 0 spiro atoms. The van der Waals surface area contributed by atoms with Gasteiger partial charge < -0.3 is 14.8 Å². The number of carbonyl (C=O) groups excluding carboxylic acids is 2. The summed E-state index contributed by atoms with van der Waals surface area (Å²) in [7, 11) is 0. The SMILES string of the molecule is CCCNC(=O)CCC(=O)N1CCn2cccc2[C@@H]1c1ccc(Cl)cc1. The van der Waals surface area contributed by atoms with Crippen LogP contribution < -0.4 is 5.32 Å². The Bertz CT molecular complexity index is 770. The third-order valence-corrected chi connectivity index (χ3v) is 4.93. The molecule has 0 saturated carbocycles. The first kappa shape index (κ1) is 18.5. The minimum Gasteiger partial charge on any atom is -0.356 e. The van der Waals surface area contributed by atoms with Crippen LogP contribution in [0.4, 0.5) is 0 Å². The fourth-order valence-electron chi connectivity index (χ4n) is 3.36. The lowest BCUT2D eigenvalue weighted by Gasteiger charge is -2.37. The van der Waals surface area contributed by atoms with E-state index < -0.39 is 0 Å². The van der Waals surface area contributed by atoms with Crippen molar-refractivity contribution in [2.24, 2.45) is 0 Å². The molecule has 1 atom stereocenters. The number of benzene rings is 1. The molecule has 2 aromatic rings. The maximum absolute atomic E-state index is 12.9. The Morgan fingerprint density at radius 1 is 1.15 bits per heavy atom. The van der Waals surface area contributed by atoms with Gasteiger partial charge in [-0.2, -0.15) is 0 Å². The average Bonchev–Trinajstić information content (AvgIpc) is 3.13. The van der Waals surface area contributed by atoms with Crippen LogP contribution >= 0.6 is 11.6 Å². The zero-order chi connectivity index (χ0) is 18.5. The van der Waals surface area contributed by atoms with Crippen LogP contribution in [-0.4, -0.2) is 34.4 Å². The lowest BCUT2D eigenvalue weighted by molar-refractivity contribution is -0.136. The number of hydrogen-bond donors (Lipinski definition) is 1. The van der Waals surface area contributed by atoms with E-state index in [1.165, 1.54) is 0 Å². The van der Waals surface area contributed by atoms with Crippen molar-refractivity contribution in [2.75, 3.05) is 13.1 Å². The van der Waals surface area contributed by atoms with Crippen LogP contribution in [0.25, 0.3) is 0 Å². The molecule has 1 aliphatic rings. The third-order valence-electron chi connectivity index (χ3n) is 4.68. The first-order valence-electron chi connectivity index (χ1n) is 9.07. The molecule has 0 saturated heterocycles. The minimum atomic E-state index is -0.151. The highest BCUT2D eigenvalue weighted by Gasteiger charge is 2.31. The molecule has 26 heavy (non-hydrogen) atoms. The largest absolute Gasteiger partial charge is 0.356 e. The fourth-order valence-corrected chi connectivity index (χ4v) is 3.49. The van der Waals surface area contributed by atoms with Crippen molar-refractivity contribution >= 4 is 23.4 Å². The maximum atomic E-state index is 12.9. The molecule has 3 rings (SSSR count). The van der Waals surface area contributed by atoms with E-state index >= 15 is 0 Å². The Hall–Kier alpha value is -2.27. The average molecular weight is 374 g/mol. The van der Waals surface area contributed by atoms with Crippen molar-refractivity contribution in [3.05, 3.63) is 58.9 Å². The summed E-state index contributed by atoms with van der Waals surface area (Å²) < 4.78 is 2.18. The highest BCUT2D eigenvalue weighted by Crippen LogP contribution is 2.33. The fraction of sp³-hybridized carbons (Fsp3) is 0.400. The van der Waals surface area contributed by atoms with E-state index in [2.05, 4.69) is 9.88 Å². The zero-order valence-corrected chi connectivity index (χ0v) is 15.7. The van der Waals surface area contributed by atoms with Crippen LogP contribution in [0.3, 0.4) is 0 Å². The van der Waals surface area contributed by atoms with Gasteiger partial charge >= 0.3 is 0 Å². The Morgan fingerprint density at radius 3 is 2.65 bits per heavy atom. The first-order chi connectivity index (χ1) is 12.6. The molecule has 0 bridgehead atoms. The van der Waals surface area contributed by atoms with E-state index in [4.69, 9.17) is 11.6 Å². The highest BCUT2D eigenvalue weighted by atomic mass is 35.5. The molecule has 6 heteroatoms. The molecular formula is C20H24ClN3O2. The van der Waals surface area contributed by atoms with Crippen molar-refractivity contribution in [3.8, 4) is 0 Å². The van der Waals surface area contributed by atoms with Gasteiger partial charge in [-0.15, -0.1) is 0 Å². The van der Waals surface area contributed by atoms with Gasteiger partial charge in [0.1, 0.15) is 0 Å². The monoisotopic (exact) mass is 373 g/mol. The molecule has 138 valence electrons. The van der Waals surface area contributed by atoms with Crippen molar-refractivity contribution in [1.82, 2.24) is 14.8 Å². The Labute approximate surface area is 158 Å². The van der Waals surface area contributed by atoms with E-state index in [-0.39, 0.29) is 30.7 Å². The normalized spacial score (nSPS) is 16.2. The van der Waals surface area contributed by atoms with Crippen LogP contribution in [0, 0.1) is 0 Å². The van der Waals surface area contributed by atoms with Crippen molar-refractivity contribution < 1.29 is 9.59 Å². The predicted molar refractivity (Wildman–Crippen MR) is 102 cm³/mol. The number of halogens is 1. The van der Waals surface area contributed by atoms with Gasteiger partial charge in [0.05, 0.1) is 6.04 Å². The summed E-state index contributed by atoms with van der Waals surface area (Å²) >= 11 is 6.02. The Kier molecular flexibility index (Phi) is 5.99. The number of amides is 2. The van der Waals surface area contributed by atoms with Gasteiger partial charge in [-0.25, -0.2) is 0 Å². The molecule has 2 heterocycles. The molecular weight excluding hydrogens is 350 g/mol. The maximum Gasteiger partial charge on any atom is 0.223 e. The van der Waals surface area contributed by atoms with E-state index in [0.29, 0.717) is 18.1 Å². The lowest BCUT2D eigenvalue weighted by Crippen LogP contribution is -2.42. The molecule has 0 aliphatic carbocycles. The predicted octanol–water partition coefficient (Wildman–Crippen LogP) is 3.38. The number of nitrogens with zero attached hydrogens (tertiary/aromatic N) is 2. The quantitative estimate of drug-likeness (QED) is 0.843. The molecule has 1 aromatic carbocycles. The standard InChI is InChI=1S/C20H24ClN3O2/c1-2-11-22-18(25)9-10-19(26)24-14-13-23-12-3-4-17(23)20(24)15-5-7-16(21)8-6-15/h3-8,12,20H,2,9-11,13-14H2,1H3,(H,22,25)/t20-/m0/s1. The van der Waals surface area contributed by atoms with Gasteiger partial charge in [-0.3, -0.25) is 9.59 Å². The Balaban J connectivity index is 1.77. The van der Waals surface area contributed by atoms with Crippen LogP contribution in [0.5, 0.6) is 0 Å². The summed E-state index contributed by atoms with van der Waals surface area (Å²) in [6.45, 7) is 4.05. The number of carbonyl (C=O) groups is 2. The smallest absolute Gasteiger partial charge is 0.223 e. The third kappa shape index (κ3) is 4.10. The topological polar surface area (TPSA) is 54.3 Å². The van der Waals surface area contributed by atoms with E-state index in [1.807, 2.05) is 54.4 Å². The number of nitrogens with one attached hydrogen (secondary N) is 1. The van der Waals surface area contributed by atoms with Crippen molar-refractivity contribution in [3.63, 3.8) is 0 Å². The Morgan fingerprint density at radius 2 is 1.92 bits per heavy atom. The van der Waals surface area contributed by atoms with Gasteiger partial charge in [-0.1, -0.05) is 30.7 Å². The summed E-state index contributed by atoms with van der Waals surface area (Å²) in [6, 6.07) is 11.5.